The van der Waals surface area contributed by atoms with Crippen molar-refractivity contribution in [2.75, 3.05) is 26.9 Å². The Morgan fingerprint density at radius 1 is 1.33 bits per heavy atom. The molecular weight excluding hydrogens is 233 g/mol. The molecule has 1 rings (SSSR count). The van der Waals surface area contributed by atoms with E-state index in [1.165, 1.54) is 12.1 Å². The number of benzene rings is 1. The lowest BCUT2D eigenvalue weighted by molar-refractivity contribution is 0.171. The van der Waals surface area contributed by atoms with Gasteiger partial charge in [-0.2, -0.15) is 0 Å². The first kappa shape index (κ1) is 14.9. The van der Waals surface area contributed by atoms with Crippen LogP contribution in [0.3, 0.4) is 0 Å². The minimum absolute atomic E-state index is 0.0723. The molecule has 0 heterocycles. The van der Waals surface area contributed by atoms with Crippen LogP contribution in [0.4, 0.5) is 4.39 Å². The number of hydrogen-bond acceptors (Lipinski definition) is 3. The van der Waals surface area contributed by atoms with Gasteiger partial charge >= 0.3 is 0 Å². The van der Waals surface area contributed by atoms with E-state index in [2.05, 4.69) is 5.32 Å². The Kier molecular flexibility index (Phi) is 6.68. The van der Waals surface area contributed by atoms with Crippen LogP contribution in [-0.2, 0) is 4.74 Å². The van der Waals surface area contributed by atoms with E-state index < -0.39 is 0 Å². The average molecular weight is 255 g/mol. The third kappa shape index (κ3) is 4.63. The van der Waals surface area contributed by atoms with Gasteiger partial charge in [0.15, 0.2) is 0 Å². The van der Waals surface area contributed by atoms with Crippen molar-refractivity contribution in [1.29, 1.82) is 0 Å². The Morgan fingerprint density at radius 2 is 2.11 bits per heavy atom. The fourth-order valence-corrected chi connectivity index (χ4v) is 1.79. The van der Waals surface area contributed by atoms with Crippen LogP contribution >= 0.6 is 0 Å². The van der Waals surface area contributed by atoms with Crippen molar-refractivity contribution >= 4 is 0 Å². The summed E-state index contributed by atoms with van der Waals surface area (Å²) in [4.78, 5) is 0. The molecule has 1 N–H and O–H groups in total. The first-order valence-electron chi connectivity index (χ1n) is 6.33. The fourth-order valence-electron chi connectivity index (χ4n) is 1.79. The van der Waals surface area contributed by atoms with Gasteiger partial charge in [0.2, 0.25) is 0 Å². The second-order valence-electron chi connectivity index (χ2n) is 4.16. The lowest BCUT2D eigenvalue weighted by Crippen LogP contribution is -2.19. The topological polar surface area (TPSA) is 30.5 Å². The maximum absolute atomic E-state index is 13.3. The SMILES string of the molecule is CCNC(C)c1cc(F)ccc1OCCCOC. The quantitative estimate of drug-likeness (QED) is 0.724. The van der Waals surface area contributed by atoms with Gasteiger partial charge in [0.1, 0.15) is 11.6 Å². The third-order valence-electron chi connectivity index (χ3n) is 2.70. The van der Waals surface area contributed by atoms with Gasteiger partial charge in [-0.3, -0.25) is 0 Å². The zero-order valence-corrected chi connectivity index (χ0v) is 11.3. The molecule has 1 aromatic carbocycles. The van der Waals surface area contributed by atoms with E-state index in [4.69, 9.17) is 9.47 Å². The highest BCUT2D eigenvalue weighted by Gasteiger charge is 2.12. The lowest BCUT2D eigenvalue weighted by atomic mass is 10.1. The van der Waals surface area contributed by atoms with E-state index in [9.17, 15) is 4.39 Å². The summed E-state index contributed by atoms with van der Waals surface area (Å²) in [5.74, 6) is 0.500. The minimum atomic E-state index is -0.237. The molecule has 1 aromatic rings. The zero-order chi connectivity index (χ0) is 13.4. The molecule has 0 radical (unpaired) electrons. The number of methoxy groups -OCH3 is 1. The summed E-state index contributed by atoms with van der Waals surface area (Å²) in [6, 6.07) is 4.71. The molecular formula is C14H22FNO2. The van der Waals surface area contributed by atoms with E-state index in [1.807, 2.05) is 13.8 Å². The summed E-state index contributed by atoms with van der Waals surface area (Å²) in [5, 5.41) is 3.26. The molecule has 0 aliphatic carbocycles. The molecule has 1 atom stereocenters. The predicted octanol–water partition coefficient (Wildman–Crippen LogP) is 2.91. The highest BCUT2D eigenvalue weighted by Crippen LogP contribution is 2.26. The summed E-state index contributed by atoms with van der Waals surface area (Å²) in [6.45, 7) is 6.10. The molecule has 0 bridgehead atoms. The van der Waals surface area contributed by atoms with E-state index in [0.717, 1.165) is 24.3 Å². The summed E-state index contributed by atoms with van der Waals surface area (Å²) in [5.41, 5.74) is 0.856. The molecule has 0 spiro atoms. The van der Waals surface area contributed by atoms with E-state index in [-0.39, 0.29) is 11.9 Å². The Morgan fingerprint density at radius 3 is 2.78 bits per heavy atom. The van der Waals surface area contributed by atoms with Gasteiger partial charge in [0.05, 0.1) is 6.61 Å². The van der Waals surface area contributed by atoms with Gasteiger partial charge in [-0.1, -0.05) is 6.92 Å². The molecule has 0 amide bonds. The smallest absolute Gasteiger partial charge is 0.124 e. The van der Waals surface area contributed by atoms with Crippen LogP contribution in [0.15, 0.2) is 18.2 Å². The monoisotopic (exact) mass is 255 g/mol. The molecule has 0 aliphatic rings. The molecule has 18 heavy (non-hydrogen) atoms. The molecule has 0 saturated heterocycles. The lowest BCUT2D eigenvalue weighted by Gasteiger charge is -2.17. The fraction of sp³-hybridized carbons (Fsp3) is 0.571. The molecule has 4 heteroatoms. The number of ether oxygens (including phenoxy) is 2. The van der Waals surface area contributed by atoms with Crippen LogP contribution in [0.2, 0.25) is 0 Å². The van der Waals surface area contributed by atoms with Crippen molar-refractivity contribution in [3.63, 3.8) is 0 Å². The van der Waals surface area contributed by atoms with Crippen LogP contribution < -0.4 is 10.1 Å². The normalized spacial score (nSPS) is 12.4. The molecule has 102 valence electrons. The summed E-state index contributed by atoms with van der Waals surface area (Å²) >= 11 is 0. The van der Waals surface area contributed by atoms with E-state index >= 15 is 0 Å². The van der Waals surface area contributed by atoms with Crippen LogP contribution in [0.5, 0.6) is 5.75 Å². The van der Waals surface area contributed by atoms with E-state index in [1.54, 1.807) is 13.2 Å². The first-order valence-corrected chi connectivity index (χ1v) is 6.33. The second kappa shape index (κ2) is 8.06. The Hall–Kier alpha value is -1.13. The molecule has 3 nitrogen and oxygen atoms in total. The highest BCUT2D eigenvalue weighted by atomic mass is 19.1. The van der Waals surface area contributed by atoms with Gasteiger partial charge < -0.3 is 14.8 Å². The van der Waals surface area contributed by atoms with Gasteiger partial charge in [0, 0.05) is 31.7 Å². The third-order valence-corrected chi connectivity index (χ3v) is 2.70. The van der Waals surface area contributed by atoms with Gasteiger partial charge in [-0.15, -0.1) is 0 Å². The first-order chi connectivity index (χ1) is 8.69. The van der Waals surface area contributed by atoms with Crippen LogP contribution in [0, 0.1) is 5.82 Å². The van der Waals surface area contributed by atoms with Crippen LogP contribution in [-0.4, -0.2) is 26.9 Å². The Bertz CT molecular complexity index is 358. The number of hydrogen-bond donors (Lipinski definition) is 1. The molecule has 0 saturated carbocycles. The largest absolute Gasteiger partial charge is 0.493 e. The average Bonchev–Trinajstić information content (AvgIpc) is 2.36. The predicted molar refractivity (Wildman–Crippen MR) is 70.5 cm³/mol. The Labute approximate surface area is 108 Å². The van der Waals surface area contributed by atoms with Crippen molar-refractivity contribution < 1.29 is 13.9 Å². The molecule has 0 fully saturated rings. The maximum atomic E-state index is 13.3. The molecule has 0 aliphatic heterocycles. The van der Waals surface area contributed by atoms with Gasteiger partial charge in [0.25, 0.3) is 0 Å². The zero-order valence-electron chi connectivity index (χ0n) is 11.3. The van der Waals surface area contributed by atoms with Crippen molar-refractivity contribution in [2.24, 2.45) is 0 Å². The van der Waals surface area contributed by atoms with Gasteiger partial charge in [-0.25, -0.2) is 4.39 Å². The number of nitrogens with one attached hydrogen (secondary N) is 1. The highest BCUT2D eigenvalue weighted by molar-refractivity contribution is 5.36. The van der Waals surface area contributed by atoms with Crippen LogP contribution in [0.1, 0.15) is 31.9 Å². The van der Waals surface area contributed by atoms with Crippen molar-refractivity contribution in [3.8, 4) is 5.75 Å². The van der Waals surface area contributed by atoms with E-state index in [0.29, 0.717) is 13.2 Å². The maximum Gasteiger partial charge on any atom is 0.124 e. The molecule has 0 aromatic heterocycles. The summed E-state index contributed by atoms with van der Waals surface area (Å²) < 4.78 is 23.9. The summed E-state index contributed by atoms with van der Waals surface area (Å²) in [7, 11) is 1.66. The standard InChI is InChI=1S/C14H22FNO2/c1-4-16-11(2)13-10-12(15)6-7-14(13)18-9-5-8-17-3/h6-7,10-11,16H,4-5,8-9H2,1-3H3. The number of rotatable bonds is 8. The van der Waals surface area contributed by atoms with Crippen molar-refractivity contribution in [3.05, 3.63) is 29.6 Å². The second-order valence-corrected chi connectivity index (χ2v) is 4.16. The molecule has 1 unspecified atom stereocenters. The van der Waals surface area contributed by atoms with Crippen molar-refractivity contribution in [2.45, 2.75) is 26.3 Å². The van der Waals surface area contributed by atoms with Crippen molar-refractivity contribution in [1.82, 2.24) is 5.32 Å². The van der Waals surface area contributed by atoms with Crippen LogP contribution in [0.25, 0.3) is 0 Å². The van der Waals surface area contributed by atoms with Gasteiger partial charge in [-0.05, 0) is 31.7 Å². The minimum Gasteiger partial charge on any atom is -0.493 e. The Balaban J connectivity index is 2.70. The number of halogens is 1. The summed E-state index contributed by atoms with van der Waals surface area (Å²) in [6.07, 6.45) is 0.822.